The minimum atomic E-state index is -0.927. The number of unbranched alkanes of at least 4 members (excludes halogenated alkanes) is 9. The third-order valence-corrected chi connectivity index (χ3v) is 13.6. The predicted octanol–water partition coefficient (Wildman–Crippen LogP) is 10.6. The Morgan fingerprint density at radius 1 is 0.435 bits per heavy atom. The molecule has 356 valence electrons. The Labute approximate surface area is 373 Å². The first kappa shape index (κ1) is 52.2. The van der Waals surface area contributed by atoms with Crippen molar-refractivity contribution < 1.29 is 56.7 Å². The molecule has 0 aromatic carbocycles. The van der Waals surface area contributed by atoms with Crippen molar-refractivity contribution in [1.82, 2.24) is 0 Å². The van der Waals surface area contributed by atoms with Gasteiger partial charge in [-0.2, -0.15) is 0 Å². The van der Waals surface area contributed by atoms with Crippen LogP contribution in [-0.2, 0) is 52.3 Å². The van der Waals surface area contributed by atoms with E-state index in [4.69, 9.17) is 37.9 Å². The van der Waals surface area contributed by atoms with Crippen LogP contribution in [0.2, 0.25) is 0 Å². The highest BCUT2D eigenvalue weighted by atomic mass is 19.1. The molecule has 11 nitrogen and oxygen atoms in total. The highest BCUT2D eigenvalue weighted by Crippen LogP contribution is 2.41. The molecule has 62 heavy (non-hydrogen) atoms. The number of esters is 3. The van der Waals surface area contributed by atoms with Crippen molar-refractivity contribution in [2.75, 3.05) is 46.4 Å². The number of rotatable bonds is 32. The Morgan fingerprint density at radius 3 is 1.27 bits per heavy atom. The first-order valence-corrected chi connectivity index (χ1v) is 24.8. The van der Waals surface area contributed by atoms with Gasteiger partial charge in [0, 0.05) is 32.0 Å². The lowest BCUT2D eigenvalue weighted by Crippen LogP contribution is -2.38. The molecular formula is C50H83FO11. The van der Waals surface area contributed by atoms with Gasteiger partial charge in [0.1, 0.15) is 13.0 Å². The Morgan fingerprint density at radius 2 is 0.823 bits per heavy atom. The van der Waals surface area contributed by atoms with E-state index in [1.54, 1.807) is 0 Å². The third kappa shape index (κ3) is 22.0. The molecule has 0 aromatic heterocycles. The third-order valence-electron chi connectivity index (χ3n) is 13.6. The Bertz CT molecular complexity index is 1230. The van der Waals surface area contributed by atoms with Gasteiger partial charge >= 0.3 is 17.9 Å². The molecule has 0 bridgehead atoms. The number of ether oxygens (including phenoxy) is 8. The molecule has 3 unspecified atom stereocenters. The lowest BCUT2D eigenvalue weighted by atomic mass is 9.72. The minimum Gasteiger partial charge on any atom is -0.465 e. The van der Waals surface area contributed by atoms with Gasteiger partial charge in [0.2, 0.25) is 0 Å². The van der Waals surface area contributed by atoms with Crippen LogP contribution in [0, 0.1) is 17.8 Å². The number of carbonyl (C=O) groups excluding carboxylic acids is 3. The van der Waals surface area contributed by atoms with Gasteiger partial charge < -0.3 is 37.9 Å². The van der Waals surface area contributed by atoms with Crippen molar-refractivity contribution in [3.05, 3.63) is 25.3 Å². The van der Waals surface area contributed by atoms with Gasteiger partial charge in [-0.1, -0.05) is 32.4 Å². The van der Waals surface area contributed by atoms with Crippen molar-refractivity contribution >= 4 is 17.9 Å². The van der Waals surface area contributed by atoms with Crippen LogP contribution in [0.4, 0.5) is 4.39 Å². The molecule has 0 heterocycles. The molecular weight excluding hydrogens is 796 g/mol. The fourth-order valence-electron chi connectivity index (χ4n) is 9.69. The lowest BCUT2D eigenvalue weighted by molar-refractivity contribution is -0.156. The number of hydrogen-bond donors (Lipinski definition) is 0. The van der Waals surface area contributed by atoms with Crippen molar-refractivity contribution in [2.45, 2.75) is 210 Å². The van der Waals surface area contributed by atoms with Crippen LogP contribution in [0.15, 0.2) is 25.3 Å². The van der Waals surface area contributed by atoms with Crippen LogP contribution < -0.4 is 0 Å². The second-order valence-corrected chi connectivity index (χ2v) is 18.3. The quantitative estimate of drug-likeness (QED) is 0.0211. The normalized spacial score (nSPS) is 27.9. The van der Waals surface area contributed by atoms with Gasteiger partial charge in [-0.15, -0.1) is 0 Å². The number of alkyl halides is 1. The highest BCUT2D eigenvalue weighted by Gasteiger charge is 2.37. The fourth-order valence-corrected chi connectivity index (χ4v) is 9.69. The van der Waals surface area contributed by atoms with E-state index in [9.17, 15) is 14.4 Å². The molecule has 0 N–H and O–H groups in total. The van der Waals surface area contributed by atoms with E-state index in [1.807, 2.05) is 0 Å². The van der Waals surface area contributed by atoms with Crippen LogP contribution in [-0.4, -0.2) is 101 Å². The van der Waals surface area contributed by atoms with Crippen LogP contribution in [0.5, 0.6) is 0 Å². The molecule has 0 aromatic rings. The van der Waals surface area contributed by atoms with Crippen LogP contribution in [0.1, 0.15) is 173 Å². The SMILES string of the molecule is C=CC(=O)OCCCCCCOC1CCC(OCOC2CCC(C3CCC(OCCCCCCOC(=O)C4CCC(OCCCCCCOC(=O)C=C)CC4)CC3)CC2F)CC1. The summed E-state index contributed by atoms with van der Waals surface area (Å²) >= 11 is 0. The Kier molecular flexibility index (Phi) is 27.2. The number of carbonyl (C=O) groups is 3. The zero-order chi connectivity index (χ0) is 44.0. The molecule has 4 fully saturated rings. The monoisotopic (exact) mass is 879 g/mol. The summed E-state index contributed by atoms with van der Waals surface area (Å²) < 4.78 is 61.3. The first-order chi connectivity index (χ1) is 30.3. The van der Waals surface area contributed by atoms with Gasteiger partial charge in [0.25, 0.3) is 0 Å². The summed E-state index contributed by atoms with van der Waals surface area (Å²) in [5, 5.41) is 0. The molecule has 4 saturated carbocycles. The van der Waals surface area contributed by atoms with Gasteiger partial charge in [-0.25, -0.2) is 14.0 Å². The van der Waals surface area contributed by atoms with Crippen molar-refractivity contribution in [1.29, 1.82) is 0 Å². The molecule has 0 amide bonds. The fraction of sp³-hybridized carbons (Fsp3) is 0.860. The van der Waals surface area contributed by atoms with Gasteiger partial charge in [-0.3, -0.25) is 4.79 Å². The molecule has 3 atom stereocenters. The second kappa shape index (κ2) is 32.3. The van der Waals surface area contributed by atoms with E-state index in [1.165, 1.54) is 12.2 Å². The van der Waals surface area contributed by atoms with Crippen molar-refractivity contribution in [3.63, 3.8) is 0 Å². The average Bonchev–Trinajstić information content (AvgIpc) is 3.30. The smallest absolute Gasteiger partial charge is 0.330 e. The number of hydrogen-bond acceptors (Lipinski definition) is 11. The van der Waals surface area contributed by atoms with Crippen molar-refractivity contribution in [3.8, 4) is 0 Å². The van der Waals surface area contributed by atoms with Crippen LogP contribution in [0.3, 0.4) is 0 Å². The molecule has 0 spiro atoms. The minimum absolute atomic E-state index is 0.00371. The Hall–Kier alpha value is -2.38. The van der Waals surface area contributed by atoms with Gasteiger partial charge in [0.15, 0.2) is 0 Å². The maximum atomic E-state index is 15.3. The van der Waals surface area contributed by atoms with E-state index >= 15 is 4.39 Å². The summed E-state index contributed by atoms with van der Waals surface area (Å²) in [6.45, 7) is 10.6. The van der Waals surface area contributed by atoms with Crippen LogP contribution in [0.25, 0.3) is 0 Å². The zero-order valence-electron chi connectivity index (χ0n) is 38.2. The second-order valence-electron chi connectivity index (χ2n) is 18.3. The summed E-state index contributed by atoms with van der Waals surface area (Å²) in [4.78, 5) is 34.7. The van der Waals surface area contributed by atoms with E-state index in [0.29, 0.717) is 44.2 Å². The zero-order valence-corrected chi connectivity index (χ0v) is 38.2. The largest absolute Gasteiger partial charge is 0.465 e. The highest BCUT2D eigenvalue weighted by molar-refractivity contribution is 5.81. The molecule has 0 aliphatic heterocycles. The summed E-state index contributed by atoms with van der Waals surface area (Å²) in [7, 11) is 0. The van der Waals surface area contributed by atoms with E-state index < -0.39 is 6.17 Å². The van der Waals surface area contributed by atoms with Crippen molar-refractivity contribution in [2.24, 2.45) is 17.8 Å². The van der Waals surface area contributed by atoms with E-state index in [-0.39, 0.29) is 55.0 Å². The van der Waals surface area contributed by atoms with Crippen LogP contribution >= 0.6 is 0 Å². The van der Waals surface area contributed by atoms with Gasteiger partial charge in [-0.05, 0) is 166 Å². The van der Waals surface area contributed by atoms with E-state index in [2.05, 4.69) is 13.2 Å². The summed E-state index contributed by atoms with van der Waals surface area (Å²) in [6, 6.07) is 0. The lowest BCUT2D eigenvalue weighted by Gasteiger charge is -2.39. The Balaban J connectivity index is 0.897. The summed E-state index contributed by atoms with van der Waals surface area (Å²) in [6.07, 6.45) is 28.1. The molecule has 4 rings (SSSR count). The molecule has 0 radical (unpaired) electrons. The van der Waals surface area contributed by atoms with Gasteiger partial charge in [0.05, 0.1) is 56.3 Å². The molecule has 4 aliphatic carbocycles. The van der Waals surface area contributed by atoms with E-state index in [0.717, 1.165) is 187 Å². The number of halogens is 1. The predicted molar refractivity (Wildman–Crippen MR) is 237 cm³/mol. The molecule has 4 aliphatic rings. The topological polar surface area (TPSA) is 125 Å². The average molecular weight is 879 g/mol. The maximum Gasteiger partial charge on any atom is 0.330 e. The first-order valence-electron chi connectivity index (χ1n) is 24.8. The molecule has 12 heteroatoms. The maximum absolute atomic E-state index is 15.3. The summed E-state index contributed by atoms with van der Waals surface area (Å²) in [5.41, 5.74) is 0. The summed E-state index contributed by atoms with van der Waals surface area (Å²) in [5.74, 6) is 0.237. The molecule has 0 saturated heterocycles. The standard InChI is InChI=1S/C50H83FO11/c1-3-48(52)58-34-14-8-5-11-32-56-43-24-19-40(20-25-43)50(54)60-36-16-10-7-13-31-55-42-22-17-39(18-23-42)41-21-30-47(46(51)37-41)62-38-61-45-28-26-44(27-29-45)57-33-12-6-9-15-35-59-49(53)4-2/h3-4,39-47H,1-2,5-38H2.